The summed E-state index contributed by atoms with van der Waals surface area (Å²) < 4.78 is 5.42. The first-order chi connectivity index (χ1) is 5.83. The first-order valence-electron chi connectivity index (χ1n) is 4.82. The number of hydrogen-bond donors (Lipinski definition) is 1. The summed E-state index contributed by atoms with van der Waals surface area (Å²) in [5, 5.41) is 3.38. The molecule has 3 atom stereocenters. The quantitative estimate of drug-likeness (QED) is 0.634. The molecule has 1 N–H and O–H groups in total. The molecular weight excluding hydrogens is 152 g/mol. The van der Waals surface area contributed by atoms with Crippen LogP contribution >= 0.6 is 0 Å². The molecule has 2 fully saturated rings. The van der Waals surface area contributed by atoms with E-state index < -0.39 is 0 Å². The second kappa shape index (κ2) is 3.32. The van der Waals surface area contributed by atoms with E-state index in [9.17, 15) is 0 Å². The first-order valence-corrected chi connectivity index (χ1v) is 4.82. The SMILES string of the molecule is CO[C@H]1CNCC1N1CCC1C. The largest absolute Gasteiger partial charge is 0.378 e. The maximum Gasteiger partial charge on any atom is 0.0862 e. The van der Waals surface area contributed by atoms with Crippen molar-refractivity contribution in [3.8, 4) is 0 Å². The van der Waals surface area contributed by atoms with Gasteiger partial charge in [0.15, 0.2) is 0 Å². The fourth-order valence-electron chi connectivity index (χ4n) is 2.24. The van der Waals surface area contributed by atoms with Crippen LogP contribution in [0.3, 0.4) is 0 Å². The van der Waals surface area contributed by atoms with Crippen LogP contribution in [-0.2, 0) is 4.74 Å². The van der Waals surface area contributed by atoms with E-state index in [1.165, 1.54) is 13.0 Å². The van der Waals surface area contributed by atoms with Gasteiger partial charge in [0.2, 0.25) is 0 Å². The van der Waals surface area contributed by atoms with Crippen LogP contribution in [-0.4, -0.2) is 49.8 Å². The maximum absolute atomic E-state index is 5.42. The van der Waals surface area contributed by atoms with Crippen molar-refractivity contribution >= 4 is 0 Å². The highest BCUT2D eigenvalue weighted by atomic mass is 16.5. The highest BCUT2D eigenvalue weighted by molar-refractivity contribution is 4.95. The molecule has 70 valence electrons. The third-order valence-electron chi connectivity index (χ3n) is 3.23. The molecule has 0 amide bonds. The molecule has 2 unspecified atom stereocenters. The molecule has 0 aliphatic carbocycles. The molecule has 2 aliphatic heterocycles. The van der Waals surface area contributed by atoms with Gasteiger partial charge in [-0.2, -0.15) is 0 Å². The summed E-state index contributed by atoms with van der Waals surface area (Å²) in [5.74, 6) is 0. The van der Waals surface area contributed by atoms with Gasteiger partial charge in [-0.3, -0.25) is 4.90 Å². The third-order valence-corrected chi connectivity index (χ3v) is 3.23. The summed E-state index contributed by atoms with van der Waals surface area (Å²) in [6.45, 7) is 5.68. The summed E-state index contributed by atoms with van der Waals surface area (Å²) in [4.78, 5) is 2.55. The fraction of sp³-hybridized carbons (Fsp3) is 1.00. The van der Waals surface area contributed by atoms with E-state index in [1.54, 1.807) is 0 Å². The fourth-order valence-corrected chi connectivity index (χ4v) is 2.24. The van der Waals surface area contributed by atoms with Gasteiger partial charge in [0.05, 0.1) is 6.10 Å². The second-order valence-electron chi connectivity index (χ2n) is 3.88. The summed E-state index contributed by atoms with van der Waals surface area (Å²) in [5.41, 5.74) is 0. The van der Waals surface area contributed by atoms with Crippen LogP contribution in [0, 0.1) is 0 Å². The molecule has 0 aromatic rings. The molecule has 2 heterocycles. The molecule has 2 rings (SSSR count). The molecule has 0 aromatic heterocycles. The number of likely N-dealkylation sites (tertiary alicyclic amines) is 1. The van der Waals surface area contributed by atoms with Gasteiger partial charge in [-0.1, -0.05) is 0 Å². The Morgan fingerprint density at radius 3 is 2.75 bits per heavy atom. The second-order valence-corrected chi connectivity index (χ2v) is 3.88. The molecular formula is C9H18N2O. The van der Waals surface area contributed by atoms with Crippen molar-refractivity contribution in [3.63, 3.8) is 0 Å². The van der Waals surface area contributed by atoms with Crippen LogP contribution in [0.5, 0.6) is 0 Å². The van der Waals surface area contributed by atoms with Crippen LogP contribution in [0.1, 0.15) is 13.3 Å². The molecule has 3 heteroatoms. The van der Waals surface area contributed by atoms with Crippen LogP contribution in [0.2, 0.25) is 0 Å². The number of nitrogens with zero attached hydrogens (tertiary/aromatic N) is 1. The van der Waals surface area contributed by atoms with Gasteiger partial charge >= 0.3 is 0 Å². The van der Waals surface area contributed by atoms with E-state index in [0.717, 1.165) is 19.1 Å². The molecule has 0 spiro atoms. The van der Waals surface area contributed by atoms with Crippen LogP contribution in [0.4, 0.5) is 0 Å². The molecule has 0 saturated carbocycles. The summed E-state index contributed by atoms with van der Waals surface area (Å²) >= 11 is 0. The predicted octanol–water partition coefficient (Wildman–Crippen LogP) is 0.0674. The minimum Gasteiger partial charge on any atom is -0.378 e. The van der Waals surface area contributed by atoms with Crippen molar-refractivity contribution in [2.24, 2.45) is 0 Å². The summed E-state index contributed by atoms with van der Waals surface area (Å²) in [7, 11) is 1.81. The Labute approximate surface area is 74.1 Å². The molecule has 0 radical (unpaired) electrons. The van der Waals surface area contributed by atoms with E-state index >= 15 is 0 Å². The van der Waals surface area contributed by atoms with E-state index in [4.69, 9.17) is 4.74 Å². The van der Waals surface area contributed by atoms with Crippen molar-refractivity contribution in [1.82, 2.24) is 10.2 Å². The monoisotopic (exact) mass is 170 g/mol. The Kier molecular flexibility index (Phi) is 2.35. The van der Waals surface area contributed by atoms with Gasteiger partial charge in [-0.15, -0.1) is 0 Å². The van der Waals surface area contributed by atoms with Crippen LogP contribution in [0.25, 0.3) is 0 Å². The Balaban J connectivity index is 1.93. The predicted molar refractivity (Wildman–Crippen MR) is 48.2 cm³/mol. The standard InChI is InChI=1S/C9H18N2O/c1-7-3-4-11(7)8-5-10-6-9(8)12-2/h7-10H,3-6H2,1-2H3/t7?,8?,9-/m0/s1. The lowest BCUT2D eigenvalue weighted by atomic mass is 10.00. The normalized spacial score (nSPS) is 43.0. The van der Waals surface area contributed by atoms with Gasteiger partial charge in [0.25, 0.3) is 0 Å². The highest BCUT2D eigenvalue weighted by Crippen LogP contribution is 2.24. The number of methoxy groups -OCH3 is 1. The molecule has 2 saturated heterocycles. The van der Waals surface area contributed by atoms with Gasteiger partial charge in [-0.05, 0) is 13.3 Å². The van der Waals surface area contributed by atoms with Crippen molar-refractivity contribution in [1.29, 1.82) is 0 Å². The van der Waals surface area contributed by atoms with Gasteiger partial charge < -0.3 is 10.1 Å². The van der Waals surface area contributed by atoms with Crippen molar-refractivity contribution in [3.05, 3.63) is 0 Å². The molecule has 2 aliphatic rings. The summed E-state index contributed by atoms with van der Waals surface area (Å²) in [6, 6.07) is 1.39. The Morgan fingerprint density at radius 2 is 2.25 bits per heavy atom. The zero-order chi connectivity index (χ0) is 8.55. The number of nitrogens with one attached hydrogen (secondary N) is 1. The number of ether oxygens (including phenoxy) is 1. The smallest absolute Gasteiger partial charge is 0.0862 e. The highest BCUT2D eigenvalue weighted by Gasteiger charge is 2.38. The van der Waals surface area contributed by atoms with Crippen LogP contribution < -0.4 is 5.32 Å². The Bertz CT molecular complexity index is 163. The van der Waals surface area contributed by atoms with E-state index in [1.807, 2.05) is 7.11 Å². The number of rotatable bonds is 2. The first kappa shape index (κ1) is 8.48. The Hall–Kier alpha value is -0.120. The van der Waals surface area contributed by atoms with Crippen molar-refractivity contribution in [2.75, 3.05) is 26.7 Å². The van der Waals surface area contributed by atoms with Gasteiger partial charge in [-0.25, -0.2) is 0 Å². The third kappa shape index (κ3) is 1.26. The minimum absolute atomic E-state index is 0.410. The lowest BCUT2D eigenvalue weighted by molar-refractivity contribution is -0.0133. The zero-order valence-electron chi connectivity index (χ0n) is 7.92. The van der Waals surface area contributed by atoms with E-state index in [-0.39, 0.29) is 0 Å². The Morgan fingerprint density at radius 1 is 1.42 bits per heavy atom. The molecule has 12 heavy (non-hydrogen) atoms. The lowest BCUT2D eigenvalue weighted by Crippen LogP contribution is -2.56. The molecule has 3 nitrogen and oxygen atoms in total. The maximum atomic E-state index is 5.42. The minimum atomic E-state index is 0.410. The van der Waals surface area contributed by atoms with Crippen LogP contribution in [0.15, 0.2) is 0 Å². The summed E-state index contributed by atoms with van der Waals surface area (Å²) in [6.07, 6.45) is 1.76. The average Bonchev–Trinajstić information content (AvgIpc) is 2.50. The van der Waals surface area contributed by atoms with E-state index in [0.29, 0.717) is 12.1 Å². The topological polar surface area (TPSA) is 24.5 Å². The van der Waals surface area contributed by atoms with Gasteiger partial charge in [0.1, 0.15) is 0 Å². The molecule has 0 aromatic carbocycles. The van der Waals surface area contributed by atoms with Gasteiger partial charge in [0, 0.05) is 38.8 Å². The van der Waals surface area contributed by atoms with Crippen molar-refractivity contribution < 1.29 is 4.74 Å². The molecule has 0 bridgehead atoms. The lowest BCUT2D eigenvalue weighted by Gasteiger charge is -2.44. The van der Waals surface area contributed by atoms with Crippen molar-refractivity contribution in [2.45, 2.75) is 31.5 Å². The number of hydrogen-bond acceptors (Lipinski definition) is 3. The van der Waals surface area contributed by atoms with E-state index in [2.05, 4.69) is 17.1 Å². The average molecular weight is 170 g/mol. The zero-order valence-corrected chi connectivity index (χ0v) is 7.92.